The Balaban J connectivity index is 2.25. The maximum Gasteiger partial charge on any atom is 0.271 e. The van der Waals surface area contributed by atoms with Crippen LogP contribution in [0.1, 0.15) is 16.9 Å². The van der Waals surface area contributed by atoms with Crippen molar-refractivity contribution in [3.63, 3.8) is 0 Å². The van der Waals surface area contributed by atoms with Crippen molar-refractivity contribution in [2.75, 3.05) is 13.2 Å². The lowest BCUT2D eigenvalue weighted by Crippen LogP contribution is -2.29. The fraction of sp³-hybridized carbons (Fsp3) is 0.214. The van der Waals surface area contributed by atoms with Crippen molar-refractivity contribution in [1.82, 2.24) is 15.1 Å². The molecule has 0 fully saturated rings. The highest BCUT2D eigenvalue weighted by molar-refractivity contribution is 5.92. The van der Waals surface area contributed by atoms with Crippen LogP contribution in [0.4, 0.5) is 0 Å². The molecule has 0 saturated carbocycles. The first kappa shape index (κ1) is 14.0. The zero-order valence-corrected chi connectivity index (χ0v) is 10.8. The Morgan fingerprint density at radius 1 is 1.20 bits per heavy atom. The SMILES string of the molecule is O=C(NCCCO)c1ccc(=O)n(-c2ccccc2)n1. The van der Waals surface area contributed by atoms with E-state index >= 15 is 0 Å². The van der Waals surface area contributed by atoms with Crippen LogP contribution in [-0.2, 0) is 0 Å². The molecule has 2 aromatic rings. The second kappa shape index (κ2) is 6.63. The van der Waals surface area contributed by atoms with Gasteiger partial charge in [0.05, 0.1) is 5.69 Å². The molecule has 6 heteroatoms. The van der Waals surface area contributed by atoms with Crippen molar-refractivity contribution < 1.29 is 9.90 Å². The number of amides is 1. The zero-order chi connectivity index (χ0) is 14.4. The minimum Gasteiger partial charge on any atom is -0.396 e. The monoisotopic (exact) mass is 273 g/mol. The Morgan fingerprint density at radius 3 is 2.65 bits per heavy atom. The lowest BCUT2D eigenvalue weighted by Gasteiger charge is -2.07. The molecule has 0 atom stereocenters. The number of aliphatic hydroxyl groups is 1. The van der Waals surface area contributed by atoms with E-state index in [2.05, 4.69) is 10.4 Å². The van der Waals surface area contributed by atoms with Crippen LogP contribution in [0, 0.1) is 0 Å². The van der Waals surface area contributed by atoms with Gasteiger partial charge >= 0.3 is 0 Å². The third-order valence-corrected chi connectivity index (χ3v) is 2.65. The molecule has 1 aromatic heterocycles. The fourth-order valence-electron chi connectivity index (χ4n) is 1.66. The summed E-state index contributed by atoms with van der Waals surface area (Å²) < 4.78 is 1.18. The van der Waals surface area contributed by atoms with Crippen molar-refractivity contribution in [3.8, 4) is 5.69 Å². The molecule has 0 unspecified atom stereocenters. The van der Waals surface area contributed by atoms with Crippen molar-refractivity contribution in [2.45, 2.75) is 6.42 Å². The summed E-state index contributed by atoms with van der Waals surface area (Å²) in [5.41, 5.74) is 0.456. The summed E-state index contributed by atoms with van der Waals surface area (Å²) in [7, 11) is 0. The number of para-hydroxylation sites is 1. The van der Waals surface area contributed by atoms with Crippen LogP contribution in [0.5, 0.6) is 0 Å². The second-order valence-corrected chi connectivity index (χ2v) is 4.14. The van der Waals surface area contributed by atoms with E-state index in [0.29, 0.717) is 18.7 Å². The Kier molecular flexibility index (Phi) is 4.62. The Labute approximate surface area is 115 Å². The van der Waals surface area contributed by atoms with Gasteiger partial charge in [-0.3, -0.25) is 9.59 Å². The normalized spacial score (nSPS) is 10.2. The summed E-state index contributed by atoms with van der Waals surface area (Å²) in [4.78, 5) is 23.6. The van der Waals surface area contributed by atoms with Crippen molar-refractivity contribution in [3.05, 3.63) is 58.5 Å². The van der Waals surface area contributed by atoms with Gasteiger partial charge < -0.3 is 10.4 Å². The third-order valence-electron chi connectivity index (χ3n) is 2.65. The van der Waals surface area contributed by atoms with Crippen LogP contribution in [0.15, 0.2) is 47.3 Å². The molecular weight excluding hydrogens is 258 g/mol. The molecule has 1 heterocycles. The first-order valence-electron chi connectivity index (χ1n) is 6.27. The summed E-state index contributed by atoms with van der Waals surface area (Å²) in [6.45, 7) is 0.374. The van der Waals surface area contributed by atoms with Gasteiger partial charge in [0.25, 0.3) is 11.5 Å². The van der Waals surface area contributed by atoms with Crippen LogP contribution >= 0.6 is 0 Å². The van der Waals surface area contributed by atoms with Gasteiger partial charge in [-0.2, -0.15) is 9.78 Å². The molecule has 2 N–H and O–H groups in total. The molecule has 0 spiro atoms. The van der Waals surface area contributed by atoms with Gasteiger partial charge in [-0.15, -0.1) is 0 Å². The number of carbonyl (C=O) groups excluding carboxylic acids is 1. The molecule has 0 bridgehead atoms. The van der Waals surface area contributed by atoms with Crippen LogP contribution in [0.2, 0.25) is 0 Å². The van der Waals surface area contributed by atoms with Gasteiger partial charge in [0.2, 0.25) is 0 Å². The summed E-state index contributed by atoms with van der Waals surface area (Å²) in [5.74, 6) is -0.372. The molecule has 6 nitrogen and oxygen atoms in total. The highest BCUT2D eigenvalue weighted by atomic mass is 16.3. The number of hydrogen-bond donors (Lipinski definition) is 2. The molecule has 0 aliphatic heterocycles. The molecule has 0 radical (unpaired) electrons. The first-order valence-corrected chi connectivity index (χ1v) is 6.27. The molecule has 104 valence electrons. The van der Waals surface area contributed by atoms with Crippen molar-refractivity contribution in [1.29, 1.82) is 0 Å². The molecule has 20 heavy (non-hydrogen) atoms. The molecule has 2 rings (SSSR count). The lowest BCUT2D eigenvalue weighted by atomic mass is 10.3. The minimum absolute atomic E-state index is 0.0111. The Morgan fingerprint density at radius 2 is 1.95 bits per heavy atom. The molecule has 1 amide bonds. The zero-order valence-electron chi connectivity index (χ0n) is 10.8. The Hall–Kier alpha value is -2.47. The van der Waals surface area contributed by atoms with Gasteiger partial charge in [0, 0.05) is 19.2 Å². The average molecular weight is 273 g/mol. The highest BCUT2D eigenvalue weighted by Gasteiger charge is 2.09. The van der Waals surface area contributed by atoms with Crippen LogP contribution in [-0.4, -0.2) is 33.9 Å². The highest BCUT2D eigenvalue weighted by Crippen LogP contribution is 2.02. The van der Waals surface area contributed by atoms with Gasteiger partial charge in [-0.1, -0.05) is 18.2 Å². The number of aromatic nitrogens is 2. The maximum absolute atomic E-state index is 11.8. The average Bonchev–Trinajstić information content (AvgIpc) is 2.49. The fourth-order valence-corrected chi connectivity index (χ4v) is 1.66. The number of nitrogens with one attached hydrogen (secondary N) is 1. The summed E-state index contributed by atoms with van der Waals surface area (Å²) in [5, 5.41) is 15.3. The number of benzene rings is 1. The lowest BCUT2D eigenvalue weighted by molar-refractivity contribution is 0.0944. The van der Waals surface area contributed by atoms with E-state index in [1.807, 2.05) is 6.07 Å². The van der Waals surface area contributed by atoms with E-state index in [1.165, 1.54) is 16.8 Å². The van der Waals surface area contributed by atoms with Crippen LogP contribution in [0.3, 0.4) is 0 Å². The molecule has 0 aliphatic carbocycles. The maximum atomic E-state index is 11.8. The summed E-state index contributed by atoms with van der Waals surface area (Å²) in [6, 6.07) is 11.6. The predicted molar refractivity (Wildman–Crippen MR) is 73.9 cm³/mol. The smallest absolute Gasteiger partial charge is 0.271 e. The van der Waals surface area contributed by atoms with E-state index in [1.54, 1.807) is 24.3 Å². The minimum atomic E-state index is -0.372. The first-order chi connectivity index (χ1) is 9.72. The van der Waals surface area contributed by atoms with Gasteiger partial charge in [-0.05, 0) is 24.6 Å². The number of nitrogens with zero attached hydrogens (tertiary/aromatic N) is 2. The summed E-state index contributed by atoms with van der Waals surface area (Å²) in [6.07, 6.45) is 0.476. The molecule has 0 aliphatic rings. The van der Waals surface area contributed by atoms with E-state index in [-0.39, 0.29) is 23.8 Å². The van der Waals surface area contributed by atoms with Gasteiger partial charge in [0.15, 0.2) is 0 Å². The Bertz CT molecular complexity index is 638. The van der Waals surface area contributed by atoms with Crippen molar-refractivity contribution >= 4 is 5.91 Å². The predicted octanol–water partition coefficient (Wildman–Crippen LogP) is 0.345. The van der Waals surface area contributed by atoms with E-state index in [4.69, 9.17) is 5.11 Å². The van der Waals surface area contributed by atoms with Gasteiger partial charge in [-0.25, -0.2) is 0 Å². The van der Waals surface area contributed by atoms with E-state index in [0.717, 1.165) is 0 Å². The van der Waals surface area contributed by atoms with Crippen LogP contribution in [0.25, 0.3) is 5.69 Å². The number of carbonyl (C=O) groups is 1. The van der Waals surface area contributed by atoms with Crippen LogP contribution < -0.4 is 10.9 Å². The number of hydrogen-bond acceptors (Lipinski definition) is 4. The molecular formula is C14H15N3O3. The van der Waals surface area contributed by atoms with E-state index in [9.17, 15) is 9.59 Å². The second-order valence-electron chi connectivity index (χ2n) is 4.14. The quantitative estimate of drug-likeness (QED) is 0.770. The molecule has 1 aromatic carbocycles. The number of aliphatic hydroxyl groups excluding tert-OH is 1. The van der Waals surface area contributed by atoms with E-state index < -0.39 is 0 Å². The van der Waals surface area contributed by atoms with Crippen molar-refractivity contribution in [2.24, 2.45) is 0 Å². The molecule has 0 saturated heterocycles. The topological polar surface area (TPSA) is 84.2 Å². The van der Waals surface area contributed by atoms with Gasteiger partial charge in [0.1, 0.15) is 5.69 Å². The summed E-state index contributed by atoms with van der Waals surface area (Å²) >= 11 is 0. The third kappa shape index (κ3) is 3.30. The number of rotatable bonds is 5. The largest absolute Gasteiger partial charge is 0.396 e. The standard InChI is InChI=1S/C14H15N3O3/c18-10-4-9-15-14(20)12-7-8-13(19)17(16-12)11-5-2-1-3-6-11/h1-3,5-8,18H,4,9-10H2,(H,15,20).